The maximum atomic E-state index is 9.39. The number of hydrogen-bond acceptors (Lipinski definition) is 4. The highest BCUT2D eigenvalue weighted by molar-refractivity contribution is 9.10. The van der Waals surface area contributed by atoms with Gasteiger partial charge in [-0.05, 0) is 40.4 Å². The predicted molar refractivity (Wildman–Crippen MR) is 76.1 cm³/mol. The molecular formula is C12H19BrN2OS. The topological polar surface area (TPSA) is 59.1 Å². The van der Waals surface area contributed by atoms with Crippen LogP contribution in [0.25, 0.3) is 0 Å². The van der Waals surface area contributed by atoms with Crippen molar-refractivity contribution in [3.8, 4) is 0 Å². The minimum Gasteiger partial charge on any atom is -0.395 e. The van der Waals surface area contributed by atoms with Gasteiger partial charge < -0.3 is 10.8 Å². The first kappa shape index (κ1) is 15.0. The summed E-state index contributed by atoms with van der Waals surface area (Å²) >= 11 is 4.89. The molecular weight excluding hydrogens is 300 g/mol. The summed E-state index contributed by atoms with van der Waals surface area (Å²) in [6, 6.07) is 3.87. The lowest BCUT2D eigenvalue weighted by atomic mass is 10.0. The van der Waals surface area contributed by atoms with Gasteiger partial charge in [-0.25, -0.2) is 4.98 Å². The highest BCUT2D eigenvalue weighted by Gasteiger charge is 2.19. The molecule has 0 radical (unpaired) electrons. The van der Waals surface area contributed by atoms with E-state index in [0.29, 0.717) is 5.92 Å². The molecule has 0 saturated carbocycles. The van der Waals surface area contributed by atoms with Crippen molar-refractivity contribution < 1.29 is 5.11 Å². The van der Waals surface area contributed by atoms with Gasteiger partial charge in [0.05, 0.1) is 11.6 Å². The van der Waals surface area contributed by atoms with Crippen molar-refractivity contribution in [1.82, 2.24) is 4.98 Å². The zero-order valence-electron chi connectivity index (χ0n) is 10.1. The van der Waals surface area contributed by atoms with Gasteiger partial charge in [0.15, 0.2) is 0 Å². The first-order chi connectivity index (χ1) is 8.02. The molecule has 1 rings (SSSR count). The van der Waals surface area contributed by atoms with Crippen LogP contribution in [0.5, 0.6) is 0 Å². The molecule has 0 aliphatic heterocycles. The lowest BCUT2D eigenvalue weighted by Gasteiger charge is -2.22. The summed E-state index contributed by atoms with van der Waals surface area (Å²) in [5, 5.41) is 10.3. The minimum absolute atomic E-state index is 0.00422. The Morgan fingerprint density at radius 2 is 2.18 bits per heavy atom. The molecule has 1 aromatic heterocycles. The van der Waals surface area contributed by atoms with E-state index >= 15 is 0 Å². The van der Waals surface area contributed by atoms with Gasteiger partial charge in [-0.1, -0.05) is 25.6 Å². The fourth-order valence-corrected chi connectivity index (χ4v) is 2.71. The lowest BCUT2D eigenvalue weighted by molar-refractivity contribution is 0.275. The fourth-order valence-electron chi connectivity index (χ4n) is 1.54. The molecule has 2 atom stereocenters. The van der Waals surface area contributed by atoms with Crippen molar-refractivity contribution in [2.24, 2.45) is 11.7 Å². The summed E-state index contributed by atoms with van der Waals surface area (Å²) < 4.78 is 0.953. The second kappa shape index (κ2) is 7.36. The Labute approximate surface area is 115 Å². The molecule has 0 fully saturated rings. The average Bonchev–Trinajstić information content (AvgIpc) is 2.27. The Morgan fingerprint density at radius 3 is 2.65 bits per heavy atom. The minimum atomic E-state index is -0.00422. The Bertz CT molecular complexity index is 332. The van der Waals surface area contributed by atoms with Crippen molar-refractivity contribution in [2.45, 2.75) is 36.6 Å². The number of hydrogen-bond donors (Lipinski definition) is 2. The van der Waals surface area contributed by atoms with E-state index < -0.39 is 0 Å². The van der Waals surface area contributed by atoms with Crippen LogP contribution in [-0.4, -0.2) is 28.0 Å². The molecule has 17 heavy (non-hydrogen) atoms. The highest BCUT2D eigenvalue weighted by Crippen LogP contribution is 2.25. The molecule has 3 nitrogen and oxygen atoms in total. The van der Waals surface area contributed by atoms with Crippen LogP contribution in [0.3, 0.4) is 0 Å². The largest absolute Gasteiger partial charge is 0.395 e. The van der Waals surface area contributed by atoms with Crippen LogP contribution in [0.2, 0.25) is 0 Å². The van der Waals surface area contributed by atoms with Crippen LogP contribution in [0, 0.1) is 5.92 Å². The molecule has 0 aliphatic rings. The number of aromatic nitrogens is 1. The Morgan fingerprint density at radius 1 is 1.47 bits per heavy atom. The van der Waals surface area contributed by atoms with E-state index in [1.165, 1.54) is 0 Å². The van der Waals surface area contributed by atoms with Gasteiger partial charge in [-0.2, -0.15) is 0 Å². The van der Waals surface area contributed by atoms with Gasteiger partial charge in [0, 0.05) is 22.0 Å². The van der Waals surface area contributed by atoms with E-state index in [1.54, 1.807) is 18.0 Å². The van der Waals surface area contributed by atoms with Gasteiger partial charge in [-0.3, -0.25) is 0 Å². The summed E-state index contributed by atoms with van der Waals surface area (Å²) in [6.45, 7) is 4.35. The summed E-state index contributed by atoms with van der Waals surface area (Å²) in [5.74, 6) is 0.539. The van der Waals surface area contributed by atoms with Crippen LogP contribution in [-0.2, 0) is 0 Å². The van der Waals surface area contributed by atoms with Crippen LogP contribution >= 0.6 is 27.7 Å². The smallest absolute Gasteiger partial charge is 0.0964 e. The molecule has 96 valence electrons. The maximum absolute atomic E-state index is 9.39. The number of nitrogens with two attached hydrogens (primary N) is 1. The van der Waals surface area contributed by atoms with Crippen molar-refractivity contribution in [1.29, 1.82) is 0 Å². The number of thioether (sulfide) groups is 1. The molecule has 0 saturated heterocycles. The van der Waals surface area contributed by atoms with Crippen LogP contribution in [0.15, 0.2) is 27.8 Å². The van der Waals surface area contributed by atoms with Crippen molar-refractivity contribution >= 4 is 27.7 Å². The summed E-state index contributed by atoms with van der Waals surface area (Å²) in [7, 11) is 0. The molecule has 5 heteroatoms. The van der Waals surface area contributed by atoms with Crippen molar-refractivity contribution in [3.63, 3.8) is 0 Å². The van der Waals surface area contributed by atoms with Crippen molar-refractivity contribution in [2.75, 3.05) is 6.61 Å². The third kappa shape index (κ3) is 5.38. The predicted octanol–water partition coefficient (Wildman–Crippen LogP) is 2.67. The van der Waals surface area contributed by atoms with Crippen molar-refractivity contribution in [3.05, 3.63) is 22.8 Å². The van der Waals surface area contributed by atoms with Crippen LogP contribution in [0.1, 0.15) is 20.3 Å². The zero-order chi connectivity index (χ0) is 12.8. The quantitative estimate of drug-likeness (QED) is 0.792. The third-order valence-corrected chi connectivity index (χ3v) is 4.13. The molecule has 3 N–H and O–H groups in total. The zero-order valence-corrected chi connectivity index (χ0v) is 12.5. The third-order valence-electron chi connectivity index (χ3n) is 2.37. The van der Waals surface area contributed by atoms with E-state index in [-0.39, 0.29) is 17.9 Å². The number of nitrogens with zero attached hydrogens (tertiary/aromatic N) is 1. The van der Waals surface area contributed by atoms with E-state index in [4.69, 9.17) is 5.73 Å². The van der Waals surface area contributed by atoms with E-state index in [1.807, 2.05) is 12.1 Å². The number of rotatable bonds is 6. The average molecular weight is 319 g/mol. The first-order valence-corrected chi connectivity index (χ1v) is 7.34. The summed E-state index contributed by atoms with van der Waals surface area (Å²) in [6.07, 6.45) is 2.67. The van der Waals surface area contributed by atoms with E-state index in [9.17, 15) is 5.11 Å². The Hall–Kier alpha value is -0.100. The molecule has 0 spiro atoms. The molecule has 0 aliphatic carbocycles. The first-order valence-electron chi connectivity index (χ1n) is 5.67. The van der Waals surface area contributed by atoms with Gasteiger partial charge in [0.25, 0.3) is 0 Å². The van der Waals surface area contributed by atoms with Gasteiger partial charge >= 0.3 is 0 Å². The lowest BCUT2D eigenvalue weighted by Crippen LogP contribution is -2.36. The number of aliphatic hydroxyl groups is 1. The molecule has 0 aromatic carbocycles. The standard InChI is InChI=1S/C12H19BrN2OS/c1-8(2)5-10(14)11(7-16)17-12-4-3-9(13)6-15-12/h3-4,6,8,10-11,16H,5,7,14H2,1-2H3. The van der Waals surface area contributed by atoms with Crippen LogP contribution < -0.4 is 5.73 Å². The van der Waals surface area contributed by atoms with Gasteiger partial charge in [0.2, 0.25) is 0 Å². The molecule has 0 amide bonds. The van der Waals surface area contributed by atoms with Gasteiger partial charge in [0.1, 0.15) is 0 Å². The Balaban J connectivity index is 2.59. The number of halogens is 1. The molecule has 1 aromatic rings. The normalized spacial score (nSPS) is 14.9. The van der Waals surface area contributed by atoms with E-state index in [2.05, 4.69) is 34.8 Å². The van der Waals surface area contributed by atoms with E-state index in [0.717, 1.165) is 15.9 Å². The second-order valence-electron chi connectivity index (χ2n) is 4.45. The monoisotopic (exact) mass is 318 g/mol. The summed E-state index contributed by atoms with van der Waals surface area (Å²) in [4.78, 5) is 4.28. The highest BCUT2D eigenvalue weighted by atomic mass is 79.9. The second-order valence-corrected chi connectivity index (χ2v) is 6.62. The number of pyridine rings is 1. The fraction of sp³-hybridized carbons (Fsp3) is 0.583. The molecule has 1 heterocycles. The molecule has 2 unspecified atom stereocenters. The molecule has 0 bridgehead atoms. The van der Waals surface area contributed by atoms with Gasteiger partial charge in [-0.15, -0.1) is 0 Å². The SMILES string of the molecule is CC(C)CC(N)C(CO)Sc1ccc(Br)cn1. The number of aliphatic hydroxyl groups excluding tert-OH is 1. The maximum Gasteiger partial charge on any atom is 0.0964 e. The Kier molecular flexibility index (Phi) is 6.48. The summed E-state index contributed by atoms with van der Waals surface area (Å²) in [5.41, 5.74) is 6.09. The van der Waals surface area contributed by atoms with Crippen LogP contribution in [0.4, 0.5) is 0 Å².